The van der Waals surface area contributed by atoms with Gasteiger partial charge in [0.15, 0.2) is 0 Å². The Balaban J connectivity index is 3.98. The van der Waals surface area contributed by atoms with Crippen molar-refractivity contribution < 1.29 is 0 Å². The molecule has 0 heterocycles. The molecule has 0 atom stereocenters. The van der Waals surface area contributed by atoms with E-state index in [2.05, 4.69) is 27.5 Å². The highest BCUT2D eigenvalue weighted by atomic mass is 79.9. The predicted molar refractivity (Wildman–Crippen MR) is 44.5 cm³/mol. The van der Waals surface area contributed by atoms with Crippen LogP contribution in [0.5, 0.6) is 0 Å². The van der Waals surface area contributed by atoms with E-state index in [1.54, 1.807) is 6.20 Å². The Kier molecular flexibility index (Phi) is 4.05. The van der Waals surface area contributed by atoms with Gasteiger partial charge < -0.3 is 5.73 Å². The summed E-state index contributed by atoms with van der Waals surface area (Å²) < 4.78 is 0.937. The zero-order valence-electron chi connectivity index (χ0n) is 5.26. The molecule has 0 saturated heterocycles. The van der Waals surface area contributed by atoms with Crippen LogP contribution in [0.4, 0.5) is 0 Å². The molecular formula is C6H9BrN2. The minimum absolute atomic E-state index is 0.425. The second-order valence-electron chi connectivity index (χ2n) is 1.47. The summed E-state index contributed by atoms with van der Waals surface area (Å²) >= 11 is 3.20. The summed E-state index contributed by atoms with van der Waals surface area (Å²) in [6.07, 6.45) is 3.11. The first-order valence-corrected chi connectivity index (χ1v) is 3.24. The average Bonchev–Trinajstić information content (AvgIpc) is 1.83. The van der Waals surface area contributed by atoms with Crippen LogP contribution in [-0.2, 0) is 0 Å². The van der Waals surface area contributed by atoms with E-state index in [-0.39, 0.29) is 0 Å². The van der Waals surface area contributed by atoms with Crippen molar-refractivity contribution >= 4 is 21.8 Å². The van der Waals surface area contributed by atoms with Crippen LogP contribution in [0.2, 0.25) is 0 Å². The van der Waals surface area contributed by atoms with E-state index < -0.39 is 0 Å². The number of hydrogen-bond acceptors (Lipinski definition) is 1. The Morgan fingerprint density at radius 3 is 2.67 bits per heavy atom. The number of rotatable bonds is 2. The van der Waals surface area contributed by atoms with E-state index in [4.69, 9.17) is 5.73 Å². The highest BCUT2D eigenvalue weighted by Crippen LogP contribution is 2.00. The van der Waals surface area contributed by atoms with Gasteiger partial charge in [0.05, 0.1) is 0 Å². The van der Waals surface area contributed by atoms with Gasteiger partial charge >= 0.3 is 0 Å². The Morgan fingerprint density at radius 2 is 2.33 bits per heavy atom. The summed E-state index contributed by atoms with van der Waals surface area (Å²) in [6.45, 7) is 5.31. The van der Waals surface area contributed by atoms with Crippen molar-refractivity contribution in [3.8, 4) is 0 Å². The molecule has 2 nitrogen and oxygen atoms in total. The number of amidine groups is 1. The van der Waals surface area contributed by atoms with Gasteiger partial charge in [-0.2, -0.15) is 0 Å². The molecule has 0 aromatic carbocycles. The van der Waals surface area contributed by atoms with Crippen LogP contribution in [0.3, 0.4) is 0 Å². The van der Waals surface area contributed by atoms with Gasteiger partial charge in [0.25, 0.3) is 0 Å². The zero-order chi connectivity index (χ0) is 7.28. The van der Waals surface area contributed by atoms with Crippen LogP contribution >= 0.6 is 15.9 Å². The Labute approximate surface area is 63.3 Å². The third-order valence-electron chi connectivity index (χ3n) is 0.601. The average molecular weight is 189 g/mol. The molecule has 0 aliphatic carbocycles. The largest absolute Gasteiger partial charge is 0.384 e. The second kappa shape index (κ2) is 4.32. The molecule has 0 aromatic rings. The van der Waals surface area contributed by atoms with E-state index in [9.17, 15) is 0 Å². The van der Waals surface area contributed by atoms with Gasteiger partial charge in [0.2, 0.25) is 0 Å². The van der Waals surface area contributed by atoms with Gasteiger partial charge in [-0.15, -0.1) is 0 Å². The van der Waals surface area contributed by atoms with Gasteiger partial charge in [0.1, 0.15) is 5.84 Å². The van der Waals surface area contributed by atoms with Gasteiger partial charge in [-0.05, 0) is 13.0 Å². The summed E-state index contributed by atoms with van der Waals surface area (Å²) in [7, 11) is 0. The molecule has 0 aromatic heterocycles. The number of aliphatic imine (C=N–C) groups is 1. The van der Waals surface area contributed by atoms with Crippen molar-refractivity contribution in [2.45, 2.75) is 6.92 Å². The quantitative estimate of drug-likeness (QED) is 0.521. The number of hydrogen-bond donors (Lipinski definition) is 1. The molecule has 50 valence electrons. The molecule has 0 saturated carbocycles. The fraction of sp³-hybridized carbons (Fsp3) is 0.167. The topological polar surface area (TPSA) is 38.4 Å². The molecule has 0 rings (SSSR count). The van der Waals surface area contributed by atoms with Crippen molar-refractivity contribution in [3.05, 3.63) is 23.3 Å². The maximum atomic E-state index is 5.29. The highest BCUT2D eigenvalue weighted by molar-refractivity contribution is 9.11. The molecule has 0 fully saturated rings. The molecule has 0 bridgehead atoms. The first-order chi connectivity index (χ1) is 4.16. The van der Waals surface area contributed by atoms with Crippen LogP contribution in [0, 0.1) is 0 Å². The van der Waals surface area contributed by atoms with Crippen LogP contribution in [0.15, 0.2) is 28.3 Å². The molecule has 0 unspecified atom stereocenters. The molecule has 0 aliphatic rings. The Hall–Kier alpha value is -0.570. The third kappa shape index (κ3) is 5.30. The maximum absolute atomic E-state index is 5.29. The monoisotopic (exact) mass is 188 g/mol. The van der Waals surface area contributed by atoms with Crippen molar-refractivity contribution in [2.75, 3.05) is 0 Å². The summed E-state index contributed by atoms with van der Waals surface area (Å²) in [6, 6.07) is 0. The van der Waals surface area contributed by atoms with Gasteiger partial charge in [-0.1, -0.05) is 22.5 Å². The molecule has 0 aliphatic heterocycles. The molecule has 0 spiro atoms. The van der Waals surface area contributed by atoms with Crippen LogP contribution in [0.1, 0.15) is 6.92 Å². The lowest BCUT2D eigenvalue weighted by atomic mass is 10.6. The second-order valence-corrected chi connectivity index (χ2v) is 2.72. The van der Waals surface area contributed by atoms with Gasteiger partial charge in [0, 0.05) is 10.7 Å². The normalized spacial score (nSPS) is 13.6. The van der Waals surface area contributed by atoms with E-state index in [1.165, 1.54) is 6.08 Å². The van der Waals surface area contributed by atoms with Crippen LogP contribution < -0.4 is 5.73 Å². The third-order valence-corrected chi connectivity index (χ3v) is 0.805. The maximum Gasteiger partial charge on any atom is 0.122 e. The Bertz CT molecular complexity index is 154. The Morgan fingerprint density at radius 1 is 1.78 bits per heavy atom. The number of nitrogens with two attached hydrogens (primary N) is 1. The van der Waals surface area contributed by atoms with E-state index in [0.29, 0.717) is 5.84 Å². The minimum atomic E-state index is 0.425. The summed E-state index contributed by atoms with van der Waals surface area (Å²) in [5.74, 6) is 0.425. The lowest BCUT2D eigenvalue weighted by Gasteiger charge is -1.85. The standard InChI is InChI=1S/C6H9BrN2/c1-3-6(8)9-4-5(2)7/h3-4H,1H2,2H3,(H2,8,9)/b5-4+. The minimum Gasteiger partial charge on any atom is -0.384 e. The molecular weight excluding hydrogens is 180 g/mol. The molecule has 9 heavy (non-hydrogen) atoms. The predicted octanol–water partition coefficient (Wildman–Crippen LogP) is 1.79. The summed E-state index contributed by atoms with van der Waals surface area (Å²) in [5.41, 5.74) is 5.29. The number of halogens is 1. The van der Waals surface area contributed by atoms with Gasteiger partial charge in [-0.25, -0.2) is 4.99 Å². The summed E-state index contributed by atoms with van der Waals surface area (Å²) in [5, 5.41) is 0. The van der Waals surface area contributed by atoms with Gasteiger partial charge in [-0.3, -0.25) is 0 Å². The SMILES string of the molecule is C=C/C(N)=N\C=C(/C)Br. The molecule has 3 heteroatoms. The summed E-state index contributed by atoms with van der Waals surface area (Å²) in [4.78, 5) is 3.81. The fourth-order valence-electron chi connectivity index (χ4n) is 0.216. The van der Waals surface area contributed by atoms with Crippen LogP contribution in [-0.4, -0.2) is 5.84 Å². The molecule has 0 amide bonds. The number of allylic oxidation sites excluding steroid dienone is 1. The van der Waals surface area contributed by atoms with E-state index in [1.807, 2.05) is 6.92 Å². The van der Waals surface area contributed by atoms with Crippen molar-refractivity contribution in [3.63, 3.8) is 0 Å². The van der Waals surface area contributed by atoms with Crippen molar-refractivity contribution in [1.82, 2.24) is 0 Å². The smallest absolute Gasteiger partial charge is 0.122 e. The molecule has 2 N–H and O–H groups in total. The number of nitrogens with zero attached hydrogens (tertiary/aromatic N) is 1. The lowest BCUT2D eigenvalue weighted by Crippen LogP contribution is -2.05. The first kappa shape index (κ1) is 8.43. The van der Waals surface area contributed by atoms with E-state index in [0.717, 1.165) is 4.48 Å². The fourth-order valence-corrected chi connectivity index (χ4v) is 0.319. The van der Waals surface area contributed by atoms with Crippen molar-refractivity contribution in [1.29, 1.82) is 0 Å². The first-order valence-electron chi connectivity index (χ1n) is 2.45. The van der Waals surface area contributed by atoms with Crippen LogP contribution in [0.25, 0.3) is 0 Å². The van der Waals surface area contributed by atoms with Crippen molar-refractivity contribution in [2.24, 2.45) is 10.7 Å². The zero-order valence-corrected chi connectivity index (χ0v) is 6.85. The van der Waals surface area contributed by atoms with E-state index >= 15 is 0 Å². The molecule has 0 radical (unpaired) electrons. The lowest BCUT2D eigenvalue weighted by molar-refractivity contribution is 1.47. The highest BCUT2D eigenvalue weighted by Gasteiger charge is 1.77.